The summed E-state index contributed by atoms with van der Waals surface area (Å²) in [5, 5.41) is 11.6. The zero-order chi connectivity index (χ0) is 33.7. The summed E-state index contributed by atoms with van der Waals surface area (Å²) in [4.78, 5) is 53.0. The van der Waals surface area contributed by atoms with Gasteiger partial charge in [-0.1, -0.05) is 49.6 Å². The van der Waals surface area contributed by atoms with E-state index in [1.807, 2.05) is 75.4 Å². The summed E-state index contributed by atoms with van der Waals surface area (Å²) in [7, 11) is 2.85. The summed E-state index contributed by atoms with van der Waals surface area (Å²) in [6.07, 6.45) is 4.46. The number of anilines is 1. The third-order valence-corrected chi connectivity index (χ3v) is 7.93. The molecule has 2 aromatic carbocycles. The molecule has 0 aliphatic heterocycles. The minimum absolute atomic E-state index is 0.109. The van der Waals surface area contributed by atoms with Gasteiger partial charge in [0.15, 0.2) is 0 Å². The first kappa shape index (κ1) is 36.3. The third-order valence-electron chi connectivity index (χ3n) is 7.93. The van der Waals surface area contributed by atoms with Crippen LogP contribution in [0.25, 0.3) is 0 Å². The van der Waals surface area contributed by atoms with Crippen LogP contribution in [-0.2, 0) is 35.1 Å². The molecule has 1 aliphatic carbocycles. The largest absolute Gasteiger partial charge is 0.497 e. The van der Waals surface area contributed by atoms with Gasteiger partial charge in [-0.25, -0.2) is 4.79 Å². The maximum absolute atomic E-state index is 13.6. The minimum Gasteiger partial charge on any atom is -0.497 e. The van der Waals surface area contributed by atoms with Crippen molar-refractivity contribution in [3.63, 3.8) is 0 Å². The van der Waals surface area contributed by atoms with E-state index < -0.39 is 47.6 Å². The van der Waals surface area contributed by atoms with Crippen LogP contribution in [0.3, 0.4) is 0 Å². The Bertz CT molecular complexity index is 1270. The molecule has 252 valence electrons. The van der Waals surface area contributed by atoms with Crippen molar-refractivity contribution in [1.82, 2.24) is 16.0 Å². The molecule has 4 atom stereocenters. The topological polar surface area (TPSA) is 144 Å². The number of carbonyl (C=O) groups excluding carboxylic acids is 4. The second-order valence-electron chi connectivity index (χ2n) is 12.7. The highest BCUT2D eigenvalue weighted by Crippen LogP contribution is 2.29. The molecule has 0 spiro atoms. The zero-order valence-corrected chi connectivity index (χ0v) is 27.9. The first-order valence-corrected chi connectivity index (χ1v) is 16.0. The fourth-order valence-electron chi connectivity index (χ4n) is 5.70. The Kier molecular flexibility index (Phi) is 13.9. The molecule has 0 bridgehead atoms. The highest BCUT2D eigenvalue weighted by Gasteiger charge is 2.34. The fourth-order valence-corrected chi connectivity index (χ4v) is 5.70. The highest BCUT2D eigenvalue weighted by molar-refractivity contribution is 5.93. The van der Waals surface area contributed by atoms with Gasteiger partial charge in [-0.15, -0.1) is 0 Å². The number of esters is 1. The molecule has 0 saturated heterocycles. The molecule has 1 saturated carbocycles. The molecule has 1 fully saturated rings. The van der Waals surface area contributed by atoms with E-state index in [9.17, 15) is 19.2 Å². The molecule has 1 aliphatic rings. The highest BCUT2D eigenvalue weighted by atomic mass is 16.5. The lowest BCUT2D eigenvalue weighted by Gasteiger charge is -2.32. The number of hydrogen-bond acceptors (Lipinski definition) is 8. The van der Waals surface area contributed by atoms with Crippen LogP contribution in [0.15, 0.2) is 54.6 Å². The summed E-state index contributed by atoms with van der Waals surface area (Å²) in [5.41, 5.74) is 0.982. The number of nitrogens with one attached hydrogen (secondary N) is 4. The molecule has 2 aromatic rings. The number of amides is 3. The molecule has 11 nitrogen and oxygen atoms in total. The Morgan fingerprint density at radius 1 is 0.870 bits per heavy atom. The molecular weight excluding hydrogens is 588 g/mol. The summed E-state index contributed by atoms with van der Waals surface area (Å²) >= 11 is 0. The van der Waals surface area contributed by atoms with Gasteiger partial charge in [0.1, 0.15) is 23.9 Å². The lowest BCUT2D eigenvalue weighted by Crippen LogP contribution is -2.59. The van der Waals surface area contributed by atoms with Gasteiger partial charge in [-0.3, -0.25) is 14.4 Å². The van der Waals surface area contributed by atoms with Gasteiger partial charge < -0.3 is 35.5 Å². The number of hydrogen-bond donors (Lipinski definition) is 4. The second kappa shape index (κ2) is 17.5. The minimum atomic E-state index is -1.15. The van der Waals surface area contributed by atoms with Crippen LogP contribution in [0.5, 0.6) is 5.75 Å². The van der Waals surface area contributed by atoms with Gasteiger partial charge in [0.2, 0.25) is 17.7 Å². The monoisotopic (exact) mass is 638 g/mol. The lowest BCUT2D eigenvalue weighted by molar-refractivity contribution is -0.147. The predicted octanol–water partition coefficient (Wildman–Crippen LogP) is 3.76. The molecule has 0 aromatic heterocycles. The van der Waals surface area contributed by atoms with Gasteiger partial charge >= 0.3 is 5.97 Å². The lowest BCUT2D eigenvalue weighted by atomic mass is 9.83. The van der Waals surface area contributed by atoms with Crippen molar-refractivity contribution in [3.8, 4) is 5.75 Å². The Hall–Kier alpha value is -4.12. The quantitative estimate of drug-likeness (QED) is 0.216. The van der Waals surface area contributed by atoms with E-state index in [-0.39, 0.29) is 24.8 Å². The molecule has 3 amide bonds. The molecule has 4 N–H and O–H groups in total. The van der Waals surface area contributed by atoms with Crippen LogP contribution in [0.4, 0.5) is 5.69 Å². The van der Waals surface area contributed by atoms with E-state index in [0.29, 0.717) is 5.75 Å². The summed E-state index contributed by atoms with van der Waals surface area (Å²) in [6.45, 7) is 6.86. The number of carbonyl (C=O) groups is 4. The Morgan fingerprint density at radius 2 is 1.52 bits per heavy atom. The first-order valence-electron chi connectivity index (χ1n) is 16.0. The number of methoxy groups -OCH3 is 2. The second-order valence-corrected chi connectivity index (χ2v) is 12.7. The van der Waals surface area contributed by atoms with Crippen LogP contribution in [0, 0.1) is 5.92 Å². The van der Waals surface area contributed by atoms with Crippen LogP contribution < -0.4 is 26.0 Å². The normalized spacial score (nSPS) is 16.2. The summed E-state index contributed by atoms with van der Waals surface area (Å²) < 4.78 is 16.2. The van der Waals surface area contributed by atoms with E-state index in [4.69, 9.17) is 14.2 Å². The average Bonchev–Trinajstić information content (AvgIpc) is 3.04. The molecule has 11 heteroatoms. The Labute approximate surface area is 272 Å². The van der Waals surface area contributed by atoms with E-state index in [1.165, 1.54) is 7.11 Å². The van der Waals surface area contributed by atoms with Crippen LogP contribution in [-0.4, -0.2) is 74.3 Å². The smallest absolute Gasteiger partial charge is 0.328 e. The van der Waals surface area contributed by atoms with Crippen molar-refractivity contribution in [2.24, 2.45) is 5.92 Å². The number of benzene rings is 2. The zero-order valence-electron chi connectivity index (χ0n) is 27.9. The van der Waals surface area contributed by atoms with Crippen molar-refractivity contribution in [1.29, 1.82) is 0 Å². The molecule has 46 heavy (non-hydrogen) atoms. The Balaban J connectivity index is 1.71. The molecule has 0 heterocycles. The molecular formula is C35H50N4O7. The van der Waals surface area contributed by atoms with Gasteiger partial charge in [-0.05, 0) is 76.3 Å². The summed E-state index contributed by atoms with van der Waals surface area (Å²) in [5.74, 6) is -1.27. The molecule has 0 radical (unpaired) electrons. The van der Waals surface area contributed by atoms with Crippen molar-refractivity contribution < 1.29 is 33.4 Å². The number of rotatable bonds is 15. The summed E-state index contributed by atoms with van der Waals surface area (Å²) in [6, 6.07) is 13.9. The standard InChI is InChI=1S/C35H50N4O7/c1-23(46-35(2,3)4)30(33(42)38-28(34(43)45-6)21-24-13-9-7-10-14-24)39-29(40)22-36-32(41)31(25-15-11-8-12-16-25)37-26-17-19-27(44-5)20-18-26/h7,9-10,13-14,17-20,23,25,28,30-31,37H,8,11-12,15-16,21-22H2,1-6H3,(H,36,41)(H,38,42)(H,39,40)/t23-,28+,30+,31?/m1/s1. The maximum Gasteiger partial charge on any atom is 0.328 e. The van der Waals surface area contributed by atoms with Crippen LogP contribution in [0.1, 0.15) is 65.4 Å². The fraction of sp³-hybridized carbons (Fsp3) is 0.543. The molecule has 3 rings (SSSR count). The van der Waals surface area contributed by atoms with Gasteiger partial charge in [0.25, 0.3) is 0 Å². The number of ether oxygens (including phenoxy) is 3. The van der Waals surface area contributed by atoms with E-state index in [2.05, 4.69) is 21.3 Å². The van der Waals surface area contributed by atoms with Gasteiger partial charge in [0.05, 0.1) is 32.5 Å². The first-order chi connectivity index (χ1) is 21.9. The van der Waals surface area contributed by atoms with Crippen LogP contribution in [0.2, 0.25) is 0 Å². The third kappa shape index (κ3) is 11.7. The van der Waals surface area contributed by atoms with Crippen molar-refractivity contribution in [2.45, 2.75) is 96.1 Å². The van der Waals surface area contributed by atoms with Crippen molar-refractivity contribution >= 4 is 29.4 Å². The van der Waals surface area contributed by atoms with E-state index in [0.717, 1.165) is 43.4 Å². The van der Waals surface area contributed by atoms with Gasteiger partial charge in [0, 0.05) is 12.1 Å². The average molecular weight is 639 g/mol. The van der Waals surface area contributed by atoms with E-state index in [1.54, 1.807) is 14.0 Å². The predicted molar refractivity (Wildman–Crippen MR) is 176 cm³/mol. The maximum atomic E-state index is 13.6. The SMILES string of the molecule is COC(=O)[C@H](Cc1ccccc1)NC(=O)[C@@H](NC(=O)CNC(=O)C(Nc1ccc(OC)cc1)C1CCCCC1)[C@@H](C)OC(C)(C)C. The Morgan fingerprint density at radius 3 is 2.11 bits per heavy atom. The van der Waals surface area contributed by atoms with Gasteiger partial charge in [-0.2, -0.15) is 0 Å². The van der Waals surface area contributed by atoms with Crippen molar-refractivity contribution in [2.75, 3.05) is 26.1 Å². The van der Waals surface area contributed by atoms with Crippen molar-refractivity contribution in [3.05, 3.63) is 60.2 Å². The molecule has 1 unspecified atom stereocenters. The van der Waals surface area contributed by atoms with E-state index >= 15 is 0 Å². The van der Waals surface area contributed by atoms with Crippen LogP contribution >= 0.6 is 0 Å².